The number of anilines is 1. The Morgan fingerprint density at radius 1 is 1.03 bits per heavy atom. The molecule has 0 aliphatic heterocycles. The van der Waals surface area contributed by atoms with Crippen LogP contribution in [0.5, 0.6) is 5.75 Å². The summed E-state index contributed by atoms with van der Waals surface area (Å²) in [4.78, 5) is 22.0. The zero-order chi connectivity index (χ0) is 25.6. The maximum Gasteiger partial charge on any atom is 0.289 e. The van der Waals surface area contributed by atoms with Crippen molar-refractivity contribution in [3.63, 3.8) is 0 Å². The Labute approximate surface area is 202 Å². The molecule has 0 spiro atoms. The molecular formula is C24H24N4O6S. The molecule has 2 N–H and O–H groups in total. The number of nitrogens with one attached hydrogen (secondary N) is 2. The lowest BCUT2D eigenvalue weighted by Gasteiger charge is -2.10. The van der Waals surface area contributed by atoms with Crippen LogP contribution >= 0.6 is 0 Å². The lowest BCUT2D eigenvalue weighted by molar-refractivity contribution is -0.387. The molecule has 0 radical (unpaired) electrons. The van der Waals surface area contributed by atoms with Crippen molar-refractivity contribution in [2.24, 2.45) is 5.10 Å². The smallest absolute Gasteiger partial charge is 0.289 e. The molecule has 3 rings (SSSR count). The summed E-state index contributed by atoms with van der Waals surface area (Å²) in [5.41, 5.74) is 5.29. The van der Waals surface area contributed by atoms with Gasteiger partial charge in [0.2, 0.25) is 0 Å². The van der Waals surface area contributed by atoms with Crippen molar-refractivity contribution in [1.82, 2.24) is 5.43 Å². The predicted octanol–water partition coefficient (Wildman–Crippen LogP) is 3.93. The molecular weight excluding hydrogens is 472 g/mol. The second-order valence-corrected chi connectivity index (χ2v) is 9.40. The van der Waals surface area contributed by atoms with E-state index in [-0.39, 0.29) is 12.3 Å². The minimum atomic E-state index is -4.17. The summed E-state index contributed by atoms with van der Waals surface area (Å²) in [6, 6.07) is 17.0. The van der Waals surface area contributed by atoms with Crippen molar-refractivity contribution >= 4 is 33.0 Å². The molecule has 0 aliphatic rings. The topological polar surface area (TPSA) is 140 Å². The normalized spacial score (nSPS) is 11.6. The number of hydrazone groups is 1. The van der Waals surface area contributed by atoms with Crippen LogP contribution in [-0.2, 0) is 14.8 Å². The highest BCUT2D eigenvalue weighted by atomic mass is 32.2. The van der Waals surface area contributed by atoms with Gasteiger partial charge < -0.3 is 4.74 Å². The lowest BCUT2D eigenvalue weighted by Crippen LogP contribution is -2.25. The average molecular weight is 497 g/mol. The molecule has 0 saturated carbocycles. The Balaban J connectivity index is 1.61. The SMILES string of the molecule is C/C(=N\NC(=O)COc1cc(C)cc(C)c1)c1ccc(NS(=O)(=O)c2ccccc2[N+](=O)[O-])cc1. The van der Waals surface area contributed by atoms with E-state index >= 15 is 0 Å². The number of nitro benzene ring substituents is 1. The molecule has 0 unspecified atom stereocenters. The number of nitro groups is 1. The molecule has 3 aromatic carbocycles. The standard InChI is InChI=1S/C24H24N4O6S/c1-16-12-17(2)14-21(13-16)34-15-24(29)26-25-18(3)19-8-10-20(11-9-19)27-35(32,33)23-7-5-4-6-22(23)28(30)31/h4-14,27H,15H2,1-3H3,(H,26,29)/b25-18+. The Bertz CT molecular complexity index is 1370. The van der Waals surface area contributed by atoms with E-state index in [9.17, 15) is 23.3 Å². The Hall–Kier alpha value is -4.25. The summed E-state index contributed by atoms with van der Waals surface area (Å²) in [7, 11) is -4.17. The monoisotopic (exact) mass is 496 g/mol. The fourth-order valence-electron chi connectivity index (χ4n) is 3.23. The van der Waals surface area contributed by atoms with E-state index in [1.54, 1.807) is 19.1 Å². The van der Waals surface area contributed by atoms with Gasteiger partial charge in [-0.3, -0.25) is 19.6 Å². The van der Waals surface area contributed by atoms with Crippen molar-refractivity contribution in [3.8, 4) is 5.75 Å². The molecule has 0 atom stereocenters. The summed E-state index contributed by atoms with van der Waals surface area (Å²) in [5, 5.41) is 15.2. The number of carbonyl (C=O) groups is 1. The largest absolute Gasteiger partial charge is 0.484 e. The average Bonchev–Trinajstić information content (AvgIpc) is 2.81. The van der Waals surface area contributed by atoms with E-state index in [1.807, 2.05) is 32.0 Å². The highest BCUT2D eigenvalue weighted by Crippen LogP contribution is 2.25. The lowest BCUT2D eigenvalue weighted by atomic mass is 10.1. The number of hydrogen-bond donors (Lipinski definition) is 2. The highest BCUT2D eigenvalue weighted by Gasteiger charge is 2.25. The number of hydrogen-bond acceptors (Lipinski definition) is 7. The van der Waals surface area contributed by atoms with Gasteiger partial charge >= 0.3 is 0 Å². The minimum Gasteiger partial charge on any atom is -0.484 e. The molecule has 3 aromatic rings. The third-order valence-electron chi connectivity index (χ3n) is 4.82. The molecule has 0 bridgehead atoms. The molecule has 35 heavy (non-hydrogen) atoms. The maximum atomic E-state index is 12.6. The highest BCUT2D eigenvalue weighted by molar-refractivity contribution is 7.92. The summed E-state index contributed by atoms with van der Waals surface area (Å²) in [6.45, 7) is 5.36. The van der Waals surface area contributed by atoms with Crippen molar-refractivity contribution < 1.29 is 22.9 Å². The van der Waals surface area contributed by atoms with Crippen molar-refractivity contribution in [2.45, 2.75) is 25.7 Å². The van der Waals surface area contributed by atoms with Gasteiger partial charge in [-0.15, -0.1) is 0 Å². The van der Waals surface area contributed by atoms with Gasteiger partial charge in [0.1, 0.15) is 5.75 Å². The van der Waals surface area contributed by atoms with E-state index in [4.69, 9.17) is 4.74 Å². The van der Waals surface area contributed by atoms with Crippen LogP contribution in [-0.4, -0.2) is 31.6 Å². The number of benzene rings is 3. The zero-order valence-corrected chi connectivity index (χ0v) is 20.1. The zero-order valence-electron chi connectivity index (χ0n) is 19.3. The quantitative estimate of drug-likeness (QED) is 0.261. The van der Waals surface area contributed by atoms with Crippen LogP contribution in [0.4, 0.5) is 11.4 Å². The van der Waals surface area contributed by atoms with Gasteiger partial charge in [-0.25, -0.2) is 13.8 Å². The first-order chi connectivity index (χ1) is 16.5. The van der Waals surface area contributed by atoms with Gasteiger partial charge in [-0.2, -0.15) is 5.10 Å². The van der Waals surface area contributed by atoms with Crippen LogP contribution in [0.3, 0.4) is 0 Å². The second kappa shape index (κ2) is 10.8. The third-order valence-corrected chi connectivity index (χ3v) is 6.25. The summed E-state index contributed by atoms with van der Waals surface area (Å²) in [5.74, 6) is 0.162. The number of para-hydroxylation sites is 1. The number of rotatable bonds is 9. The predicted molar refractivity (Wildman–Crippen MR) is 132 cm³/mol. The maximum absolute atomic E-state index is 12.6. The third kappa shape index (κ3) is 6.87. The Kier molecular flexibility index (Phi) is 7.82. The molecule has 182 valence electrons. The van der Waals surface area contributed by atoms with E-state index in [0.717, 1.165) is 23.3 Å². The Morgan fingerprint density at radius 2 is 1.66 bits per heavy atom. The van der Waals surface area contributed by atoms with Gasteiger partial charge in [-0.1, -0.05) is 30.3 Å². The fourth-order valence-corrected chi connectivity index (χ4v) is 4.46. The van der Waals surface area contributed by atoms with Gasteiger partial charge in [0.05, 0.1) is 10.6 Å². The molecule has 0 aliphatic carbocycles. The van der Waals surface area contributed by atoms with Crippen molar-refractivity contribution in [1.29, 1.82) is 0 Å². The van der Waals surface area contributed by atoms with Gasteiger partial charge in [-0.05, 0) is 67.8 Å². The summed E-state index contributed by atoms with van der Waals surface area (Å²) in [6.07, 6.45) is 0. The van der Waals surface area contributed by atoms with Crippen molar-refractivity contribution in [2.75, 3.05) is 11.3 Å². The molecule has 0 heterocycles. The molecule has 10 nitrogen and oxygen atoms in total. The van der Waals surface area contributed by atoms with Crippen LogP contribution in [0.15, 0.2) is 76.7 Å². The summed E-state index contributed by atoms with van der Waals surface area (Å²) < 4.78 is 33.1. The second-order valence-electron chi connectivity index (χ2n) is 7.75. The van der Waals surface area contributed by atoms with Crippen molar-refractivity contribution in [3.05, 3.63) is 93.5 Å². The molecule has 1 amide bonds. The molecule has 0 fully saturated rings. The van der Waals surface area contributed by atoms with Crippen LogP contribution in [0, 0.1) is 24.0 Å². The number of carbonyl (C=O) groups excluding carboxylic acids is 1. The number of nitrogens with zero attached hydrogens (tertiary/aromatic N) is 2. The Morgan fingerprint density at radius 3 is 2.29 bits per heavy atom. The minimum absolute atomic E-state index is 0.202. The first-order valence-corrected chi connectivity index (χ1v) is 11.9. The number of amides is 1. The summed E-state index contributed by atoms with van der Waals surface area (Å²) >= 11 is 0. The molecule has 11 heteroatoms. The van der Waals surface area contributed by atoms with E-state index in [1.165, 1.54) is 24.3 Å². The first kappa shape index (κ1) is 25.4. The molecule has 0 saturated heterocycles. The van der Waals surface area contributed by atoms with Crippen LogP contribution in [0.25, 0.3) is 0 Å². The van der Waals surface area contributed by atoms with Gasteiger partial charge in [0, 0.05) is 11.8 Å². The first-order valence-electron chi connectivity index (χ1n) is 10.5. The van der Waals surface area contributed by atoms with Crippen LogP contribution in [0.1, 0.15) is 23.6 Å². The number of sulfonamides is 1. The van der Waals surface area contributed by atoms with Crippen LogP contribution < -0.4 is 14.9 Å². The van der Waals surface area contributed by atoms with Gasteiger partial charge in [0.15, 0.2) is 11.5 Å². The fraction of sp³-hybridized carbons (Fsp3) is 0.167. The van der Waals surface area contributed by atoms with E-state index < -0.39 is 31.4 Å². The van der Waals surface area contributed by atoms with Gasteiger partial charge in [0.25, 0.3) is 21.6 Å². The van der Waals surface area contributed by atoms with E-state index in [2.05, 4.69) is 15.2 Å². The number of aryl methyl sites for hydroxylation is 2. The van der Waals surface area contributed by atoms with E-state index in [0.29, 0.717) is 17.0 Å². The molecule has 0 aromatic heterocycles. The number of ether oxygens (including phenoxy) is 1. The van der Waals surface area contributed by atoms with Crippen LogP contribution in [0.2, 0.25) is 0 Å².